The van der Waals surface area contributed by atoms with Gasteiger partial charge in [-0.25, -0.2) is 0 Å². The molecule has 1 amide bonds. The SMILES string of the molecule is O=CC(O)(C(Cl)C(Cl)CC(=O)Nc1ccccc1)C(F)(F)F. The van der Waals surface area contributed by atoms with Gasteiger partial charge in [0.1, 0.15) is 0 Å². The Morgan fingerprint density at radius 3 is 2.27 bits per heavy atom. The van der Waals surface area contributed by atoms with Crippen molar-refractivity contribution in [3.8, 4) is 0 Å². The van der Waals surface area contributed by atoms with Crippen molar-refractivity contribution < 1.29 is 27.9 Å². The molecule has 2 N–H and O–H groups in total. The van der Waals surface area contributed by atoms with Gasteiger partial charge in [0.05, 0.1) is 10.8 Å². The summed E-state index contributed by atoms with van der Waals surface area (Å²) in [5.74, 6) is -0.702. The molecule has 0 radical (unpaired) electrons. The number of aliphatic hydroxyl groups is 1. The topological polar surface area (TPSA) is 66.4 Å². The van der Waals surface area contributed by atoms with Gasteiger partial charge < -0.3 is 10.4 Å². The molecule has 1 rings (SSSR count). The van der Waals surface area contributed by atoms with Crippen molar-refractivity contribution in [1.29, 1.82) is 0 Å². The van der Waals surface area contributed by atoms with Gasteiger partial charge in [-0.3, -0.25) is 9.59 Å². The molecule has 0 fully saturated rings. The van der Waals surface area contributed by atoms with Crippen molar-refractivity contribution in [3.63, 3.8) is 0 Å². The Morgan fingerprint density at radius 2 is 1.82 bits per heavy atom. The highest BCUT2D eigenvalue weighted by atomic mass is 35.5. The molecule has 3 atom stereocenters. The van der Waals surface area contributed by atoms with Gasteiger partial charge in [0.25, 0.3) is 0 Å². The second-order valence-corrected chi connectivity index (χ2v) is 5.51. The highest BCUT2D eigenvalue weighted by Gasteiger charge is 2.60. The van der Waals surface area contributed by atoms with Gasteiger partial charge in [0.15, 0.2) is 6.29 Å². The lowest BCUT2D eigenvalue weighted by Crippen LogP contribution is -2.57. The van der Waals surface area contributed by atoms with Crippen molar-refractivity contribution in [2.75, 3.05) is 5.32 Å². The fourth-order valence-corrected chi connectivity index (χ4v) is 2.17. The van der Waals surface area contributed by atoms with Crippen LogP contribution in [0.25, 0.3) is 0 Å². The number of alkyl halides is 5. The van der Waals surface area contributed by atoms with E-state index >= 15 is 0 Å². The smallest absolute Gasteiger partial charge is 0.373 e. The van der Waals surface area contributed by atoms with Crippen molar-refractivity contribution in [2.24, 2.45) is 0 Å². The Morgan fingerprint density at radius 1 is 1.27 bits per heavy atom. The van der Waals surface area contributed by atoms with Crippen LogP contribution in [0.15, 0.2) is 30.3 Å². The molecule has 22 heavy (non-hydrogen) atoms. The van der Waals surface area contributed by atoms with Crippen LogP contribution in [0.4, 0.5) is 18.9 Å². The second kappa shape index (κ2) is 7.30. The van der Waals surface area contributed by atoms with E-state index in [0.29, 0.717) is 5.69 Å². The van der Waals surface area contributed by atoms with E-state index in [-0.39, 0.29) is 0 Å². The number of benzene rings is 1. The van der Waals surface area contributed by atoms with E-state index < -0.39 is 41.1 Å². The Labute approximate surface area is 134 Å². The molecule has 0 aliphatic carbocycles. The zero-order valence-corrected chi connectivity index (χ0v) is 12.5. The number of para-hydroxylation sites is 1. The standard InChI is InChI=1S/C13H12Cl2F3NO3/c14-9(11(15)12(22,7-20)13(16,17)18)6-10(21)19-8-4-2-1-3-5-8/h1-5,7,9,11,22H,6H2,(H,19,21). The van der Waals surface area contributed by atoms with Crippen LogP contribution in [0.3, 0.4) is 0 Å². The van der Waals surface area contributed by atoms with E-state index in [0.717, 1.165) is 0 Å². The van der Waals surface area contributed by atoms with Crippen LogP contribution in [0.5, 0.6) is 0 Å². The summed E-state index contributed by atoms with van der Waals surface area (Å²) in [5, 5.41) is 7.94. The van der Waals surface area contributed by atoms with Crippen LogP contribution >= 0.6 is 23.2 Å². The maximum atomic E-state index is 12.7. The number of amides is 1. The highest BCUT2D eigenvalue weighted by Crippen LogP contribution is 2.37. The Balaban J connectivity index is 2.73. The van der Waals surface area contributed by atoms with E-state index in [9.17, 15) is 27.9 Å². The largest absolute Gasteiger partial charge is 0.425 e. The van der Waals surface area contributed by atoms with Gasteiger partial charge in [0, 0.05) is 12.1 Å². The maximum Gasteiger partial charge on any atom is 0.425 e. The summed E-state index contributed by atoms with van der Waals surface area (Å²) in [6, 6.07) is 8.13. The fourth-order valence-electron chi connectivity index (χ4n) is 1.58. The minimum Gasteiger partial charge on any atom is -0.373 e. The molecule has 4 nitrogen and oxygen atoms in total. The van der Waals surface area contributed by atoms with E-state index in [1.54, 1.807) is 30.3 Å². The number of hydrogen-bond acceptors (Lipinski definition) is 3. The quantitative estimate of drug-likeness (QED) is 0.607. The molecule has 0 aliphatic heterocycles. The molecule has 1 aromatic carbocycles. The van der Waals surface area contributed by atoms with E-state index in [4.69, 9.17) is 23.2 Å². The highest BCUT2D eigenvalue weighted by molar-refractivity contribution is 6.32. The lowest BCUT2D eigenvalue weighted by Gasteiger charge is -2.31. The van der Waals surface area contributed by atoms with Crippen molar-refractivity contribution >= 4 is 41.1 Å². The number of anilines is 1. The number of carbonyl (C=O) groups is 2. The number of nitrogens with one attached hydrogen (secondary N) is 1. The van der Waals surface area contributed by atoms with Crippen molar-refractivity contribution in [3.05, 3.63) is 30.3 Å². The molecule has 122 valence electrons. The van der Waals surface area contributed by atoms with Gasteiger partial charge in [-0.1, -0.05) is 18.2 Å². The molecular formula is C13H12Cl2F3NO3. The first-order valence-corrected chi connectivity index (χ1v) is 6.87. The normalized spacial score (nSPS) is 17.2. The van der Waals surface area contributed by atoms with Gasteiger partial charge in [-0.15, -0.1) is 23.2 Å². The van der Waals surface area contributed by atoms with Crippen molar-refractivity contribution in [1.82, 2.24) is 0 Å². The van der Waals surface area contributed by atoms with Gasteiger partial charge in [-0.2, -0.15) is 13.2 Å². The third kappa shape index (κ3) is 4.34. The maximum absolute atomic E-state index is 12.7. The Hall–Kier alpha value is -1.31. The summed E-state index contributed by atoms with van der Waals surface area (Å²) in [7, 11) is 0. The molecule has 0 heterocycles. The van der Waals surface area contributed by atoms with Crippen LogP contribution in [-0.4, -0.2) is 39.8 Å². The Bertz CT molecular complexity index is 527. The van der Waals surface area contributed by atoms with Crippen LogP contribution < -0.4 is 5.32 Å². The van der Waals surface area contributed by atoms with Gasteiger partial charge in [0.2, 0.25) is 11.5 Å². The molecule has 0 bridgehead atoms. The number of halogens is 5. The molecular weight excluding hydrogens is 346 g/mol. The van der Waals surface area contributed by atoms with E-state index in [1.807, 2.05) is 0 Å². The predicted molar refractivity (Wildman–Crippen MR) is 76.0 cm³/mol. The molecule has 0 saturated heterocycles. The van der Waals surface area contributed by atoms with Crippen LogP contribution in [-0.2, 0) is 9.59 Å². The number of aldehydes is 1. The van der Waals surface area contributed by atoms with Crippen LogP contribution in [0, 0.1) is 0 Å². The number of rotatable bonds is 6. The molecule has 9 heteroatoms. The summed E-state index contributed by atoms with van der Waals surface area (Å²) in [4.78, 5) is 22.3. The Kier molecular flexibility index (Phi) is 6.22. The van der Waals surface area contributed by atoms with Crippen LogP contribution in [0.2, 0.25) is 0 Å². The third-order valence-corrected chi connectivity index (χ3v) is 3.98. The molecule has 1 aromatic rings. The third-order valence-electron chi connectivity index (χ3n) is 2.81. The minimum atomic E-state index is -5.30. The molecule has 0 aromatic heterocycles. The number of hydrogen-bond donors (Lipinski definition) is 2. The first-order chi connectivity index (χ1) is 10.1. The molecule has 0 aliphatic rings. The van der Waals surface area contributed by atoms with Crippen molar-refractivity contribution in [2.45, 2.75) is 29.0 Å². The van der Waals surface area contributed by atoms with Gasteiger partial charge in [-0.05, 0) is 12.1 Å². The summed E-state index contributed by atoms with van der Waals surface area (Å²) in [6.07, 6.45) is -6.64. The summed E-state index contributed by atoms with van der Waals surface area (Å²) in [5.41, 5.74) is -3.41. The zero-order chi connectivity index (χ0) is 17.0. The van der Waals surface area contributed by atoms with E-state index in [1.165, 1.54) is 0 Å². The predicted octanol–water partition coefficient (Wildman–Crippen LogP) is 2.72. The average Bonchev–Trinajstić information content (AvgIpc) is 2.45. The monoisotopic (exact) mass is 357 g/mol. The number of carbonyl (C=O) groups excluding carboxylic acids is 2. The van der Waals surface area contributed by atoms with E-state index in [2.05, 4.69) is 5.32 Å². The minimum absolute atomic E-state index is 0.420. The summed E-state index contributed by atoms with van der Waals surface area (Å²) >= 11 is 11.1. The average molecular weight is 358 g/mol. The first kappa shape index (κ1) is 18.7. The second-order valence-electron chi connectivity index (χ2n) is 4.48. The zero-order valence-electron chi connectivity index (χ0n) is 11.0. The summed E-state index contributed by atoms with van der Waals surface area (Å²) in [6.45, 7) is 0. The van der Waals surface area contributed by atoms with Crippen LogP contribution in [0.1, 0.15) is 6.42 Å². The molecule has 3 unspecified atom stereocenters. The van der Waals surface area contributed by atoms with Gasteiger partial charge >= 0.3 is 6.18 Å². The molecule has 0 saturated carbocycles. The fraction of sp³-hybridized carbons (Fsp3) is 0.385. The lowest BCUT2D eigenvalue weighted by atomic mass is 9.96. The first-order valence-electron chi connectivity index (χ1n) is 6.00. The molecule has 0 spiro atoms. The lowest BCUT2D eigenvalue weighted by molar-refractivity contribution is -0.244. The summed E-state index contributed by atoms with van der Waals surface area (Å²) < 4.78 is 38.0.